The highest BCUT2D eigenvalue weighted by molar-refractivity contribution is 5.92. The van der Waals surface area contributed by atoms with Crippen LogP contribution in [0.25, 0.3) is 0 Å². The van der Waals surface area contributed by atoms with Crippen LogP contribution >= 0.6 is 0 Å². The summed E-state index contributed by atoms with van der Waals surface area (Å²) in [6.45, 7) is 2.40. The van der Waals surface area contributed by atoms with Crippen LogP contribution in [0.3, 0.4) is 0 Å². The molecule has 21 heavy (non-hydrogen) atoms. The molecule has 1 fully saturated rings. The van der Waals surface area contributed by atoms with Gasteiger partial charge >= 0.3 is 0 Å². The molecule has 4 rings (SSSR count). The van der Waals surface area contributed by atoms with Gasteiger partial charge in [0, 0.05) is 11.6 Å². The van der Waals surface area contributed by atoms with E-state index in [-0.39, 0.29) is 11.5 Å². The van der Waals surface area contributed by atoms with Gasteiger partial charge in [0.1, 0.15) is 11.5 Å². The molecule has 0 saturated heterocycles. The Morgan fingerprint density at radius 3 is 2.95 bits per heavy atom. The fourth-order valence-corrected chi connectivity index (χ4v) is 2.75. The molecule has 2 aliphatic rings. The van der Waals surface area contributed by atoms with Crippen LogP contribution in [0.15, 0.2) is 10.9 Å². The van der Waals surface area contributed by atoms with Crippen molar-refractivity contribution in [3.63, 3.8) is 0 Å². The third-order valence-corrected chi connectivity index (χ3v) is 4.03. The van der Waals surface area contributed by atoms with E-state index < -0.39 is 0 Å². The normalized spacial score (nSPS) is 17.1. The van der Waals surface area contributed by atoms with Gasteiger partial charge < -0.3 is 9.88 Å². The standard InChI is InChI=1S/C14H15N5O2/c1-7-15-12-6-19(5-9(12)13(20)16-7)14(21)11-4-10(17-18-11)8-2-3-8/h4,8H,2-3,5-6H2,1H3,(H,17,18)(H,15,16,20). The van der Waals surface area contributed by atoms with Crippen molar-refractivity contribution in [1.82, 2.24) is 25.1 Å². The van der Waals surface area contributed by atoms with Crippen LogP contribution in [0, 0.1) is 6.92 Å². The van der Waals surface area contributed by atoms with Gasteiger partial charge in [-0.25, -0.2) is 4.98 Å². The number of aromatic amines is 2. The number of nitrogens with one attached hydrogen (secondary N) is 2. The van der Waals surface area contributed by atoms with Crippen molar-refractivity contribution in [2.75, 3.05) is 0 Å². The lowest BCUT2D eigenvalue weighted by atomic mass is 10.2. The molecular formula is C14H15N5O2. The molecule has 0 spiro atoms. The van der Waals surface area contributed by atoms with Crippen molar-refractivity contribution in [3.05, 3.63) is 44.9 Å². The molecule has 108 valence electrons. The molecule has 0 unspecified atom stereocenters. The molecule has 1 aliphatic heterocycles. The lowest BCUT2D eigenvalue weighted by Gasteiger charge is -2.12. The summed E-state index contributed by atoms with van der Waals surface area (Å²) in [5.41, 5.74) is 2.54. The van der Waals surface area contributed by atoms with Crippen LogP contribution in [0.1, 0.15) is 52.0 Å². The van der Waals surface area contributed by atoms with Gasteiger partial charge in [-0.3, -0.25) is 14.7 Å². The van der Waals surface area contributed by atoms with Gasteiger partial charge in [0.25, 0.3) is 11.5 Å². The monoisotopic (exact) mass is 285 g/mol. The summed E-state index contributed by atoms with van der Waals surface area (Å²) < 4.78 is 0. The highest BCUT2D eigenvalue weighted by Crippen LogP contribution is 2.39. The molecule has 7 nitrogen and oxygen atoms in total. The zero-order valence-corrected chi connectivity index (χ0v) is 11.6. The minimum atomic E-state index is -0.159. The second-order valence-corrected chi connectivity index (χ2v) is 5.72. The molecule has 0 bridgehead atoms. The quantitative estimate of drug-likeness (QED) is 0.854. The smallest absolute Gasteiger partial charge is 0.275 e. The molecule has 1 amide bonds. The van der Waals surface area contributed by atoms with Crippen molar-refractivity contribution >= 4 is 5.91 Å². The fourth-order valence-electron chi connectivity index (χ4n) is 2.75. The predicted octanol–water partition coefficient (Wildman–Crippen LogP) is 0.835. The molecule has 2 aromatic heterocycles. The first kappa shape index (κ1) is 12.3. The van der Waals surface area contributed by atoms with Gasteiger partial charge in [0.15, 0.2) is 0 Å². The second kappa shape index (κ2) is 4.28. The number of H-pyrrole nitrogens is 2. The number of hydrogen-bond acceptors (Lipinski definition) is 4. The first-order valence-electron chi connectivity index (χ1n) is 7.05. The molecule has 3 heterocycles. The molecule has 1 saturated carbocycles. The third kappa shape index (κ3) is 2.05. The Balaban J connectivity index is 1.59. The Labute approximate surface area is 120 Å². The van der Waals surface area contributed by atoms with Gasteiger partial charge in [-0.1, -0.05) is 0 Å². The number of aromatic nitrogens is 4. The number of carbonyl (C=O) groups excluding carboxylic acids is 1. The molecule has 0 aromatic carbocycles. The van der Waals surface area contributed by atoms with Gasteiger partial charge in [-0.15, -0.1) is 0 Å². The van der Waals surface area contributed by atoms with E-state index in [2.05, 4.69) is 20.2 Å². The van der Waals surface area contributed by atoms with Gasteiger partial charge in [-0.05, 0) is 25.8 Å². The van der Waals surface area contributed by atoms with Crippen molar-refractivity contribution in [2.24, 2.45) is 0 Å². The van der Waals surface area contributed by atoms with Crippen LogP contribution in [0.2, 0.25) is 0 Å². The number of nitrogens with zero attached hydrogens (tertiary/aromatic N) is 3. The second-order valence-electron chi connectivity index (χ2n) is 5.72. The number of carbonyl (C=O) groups is 1. The zero-order chi connectivity index (χ0) is 14.6. The third-order valence-electron chi connectivity index (χ3n) is 4.03. The largest absolute Gasteiger partial charge is 0.327 e. The fraction of sp³-hybridized carbons (Fsp3) is 0.429. The summed E-state index contributed by atoms with van der Waals surface area (Å²) in [7, 11) is 0. The molecule has 2 aromatic rings. The summed E-state index contributed by atoms with van der Waals surface area (Å²) in [6.07, 6.45) is 2.31. The van der Waals surface area contributed by atoms with Crippen LogP contribution in [0.4, 0.5) is 0 Å². The maximum Gasteiger partial charge on any atom is 0.275 e. The summed E-state index contributed by atoms with van der Waals surface area (Å²) in [5.74, 6) is 0.944. The van der Waals surface area contributed by atoms with E-state index in [1.807, 2.05) is 6.07 Å². The van der Waals surface area contributed by atoms with Crippen molar-refractivity contribution in [1.29, 1.82) is 0 Å². The lowest BCUT2D eigenvalue weighted by Crippen LogP contribution is -2.26. The van der Waals surface area contributed by atoms with E-state index in [1.54, 1.807) is 11.8 Å². The highest BCUT2D eigenvalue weighted by Gasteiger charge is 2.31. The average molecular weight is 285 g/mol. The number of fused-ring (bicyclic) bond motifs is 1. The summed E-state index contributed by atoms with van der Waals surface area (Å²) >= 11 is 0. The van der Waals surface area contributed by atoms with Crippen LogP contribution in [-0.4, -0.2) is 31.0 Å². The van der Waals surface area contributed by atoms with Crippen molar-refractivity contribution in [2.45, 2.75) is 38.8 Å². The Bertz CT molecular complexity index is 787. The molecule has 7 heteroatoms. The van der Waals surface area contributed by atoms with Crippen LogP contribution in [-0.2, 0) is 13.1 Å². The number of rotatable bonds is 2. The maximum absolute atomic E-state index is 12.5. The molecular weight excluding hydrogens is 270 g/mol. The Morgan fingerprint density at radius 2 is 2.19 bits per heavy atom. The van der Waals surface area contributed by atoms with E-state index >= 15 is 0 Å². The molecule has 2 N–H and O–H groups in total. The number of hydrogen-bond donors (Lipinski definition) is 2. The lowest BCUT2D eigenvalue weighted by molar-refractivity contribution is 0.0744. The van der Waals surface area contributed by atoms with Crippen LogP contribution < -0.4 is 5.56 Å². The van der Waals surface area contributed by atoms with Gasteiger partial charge in [0.2, 0.25) is 0 Å². The van der Waals surface area contributed by atoms with E-state index in [9.17, 15) is 9.59 Å². The van der Waals surface area contributed by atoms with E-state index in [0.29, 0.717) is 41.8 Å². The molecule has 0 atom stereocenters. The average Bonchev–Trinajstić information content (AvgIpc) is 3.01. The maximum atomic E-state index is 12.5. The van der Waals surface area contributed by atoms with Crippen molar-refractivity contribution < 1.29 is 4.79 Å². The first-order chi connectivity index (χ1) is 10.1. The predicted molar refractivity (Wildman–Crippen MR) is 73.7 cm³/mol. The first-order valence-corrected chi connectivity index (χ1v) is 7.05. The highest BCUT2D eigenvalue weighted by atomic mass is 16.2. The van der Waals surface area contributed by atoms with E-state index in [0.717, 1.165) is 18.5 Å². The molecule has 0 radical (unpaired) electrons. The van der Waals surface area contributed by atoms with Crippen molar-refractivity contribution in [3.8, 4) is 0 Å². The Kier molecular flexibility index (Phi) is 2.51. The summed E-state index contributed by atoms with van der Waals surface area (Å²) in [6, 6.07) is 1.83. The number of aryl methyl sites for hydroxylation is 1. The SMILES string of the molecule is Cc1nc2c(c(=O)[nH]1)CN(C(=O)c1cc(C3CC3)[nH]n1)C2. The number of amides is 1. The minimum Gasteiger partial charge on any atom is -0.327 e. The zero-order valence-electron chi connectivity index (χ0n) is 11.6. The van der Waals surface area contributed by atoms with Gasteiger partial charge in [0.05, 0.1) is 24.3 Å². The van der Waals surface area contributed by atoms with E-state index in [1.165, 1.54) is 0 Å². The van der Waals surface area contributed by atoms with Gasteiger partial charge in [-0.2, -0.15) is 5.10 Å². The summed E-state index contributed by atoms with van der Waals surface area (Å²) in [5, 5.41) is 7.03. The summed E-state index contributed by atoms with van der Waals surface area (Å²) in [4.78, 5) is 32.9. The Morgan fingerprint density at radius 1 is 1.38 bits per heavy atom. The van der Waals surface area contributed by atoms with Crippen LogP contribution in [0.5, 0.6) is 0 Å². The van der Waals surface area contributed by atoms with E-state index in [4.69, 9.17) is 0 Å². The molecule has 1 aliphatic carbocycles. The minimum absolute atomic E-state index is 0.159. The Hall–Kier alpha value is -2.44. The topological polar surface area (TPSA) is 94.7 Å².